The van der Waals surface area contributed by atoms with Gasteiger partial charge in [0.05, 0.1) is 29.6 Å². The first-order valence-corrected chi connectivity index (χ1v) is 11.7. The molecule has 0 atom stereocenters. The maximum absolute atomic E-state index is 12.9. The van der Waals surface area contributed by atoms with Crippen molar-refractivity contribution in [3.8, 4) is 11.3 Å². The topological polar surface area (TPSA) is 108 Å². The third kappa shape index (κ3) is 3.53. The Morgan fingerprint density at radius 3 is 2.74 bits per heavy atom. The zero-order valence-electron chi connectivity index (χ0n) is 18.5. The Kier molecular flexibility index (Phi) is 4.85. The normalized spacial score (nSPS) is 13.0. The van der Waals surface area contributed by atoms with Gasteiger partial charge >= 0.3 is 0 Å². The molecule has 3 amide bonds. The zero-order valence-corrected chi connectivity index (χ0v) is 19.3. The van der Waals surface area contributed by atoms with Crippen LogP contribution in [0, 0.1) is 6.92 Å². The van der Waals surface area contributed by atoms with Gasteiger partial charge in [0.15, 0.2) is 5.13 Å². The molecule has 1 aliphatic rings. The predicted molar refractivity (Wildman–Crippen MR) is 131 cm³/mol. The Morgan fingerprint density at radius 2 is 1.91 bits per heavy atom. The summed E-state index contributed by atoms with van der Waals surface area (Å²) in [6.45, 7) is 2.03. The summed E-state index contributed by atoms with van der Waals surface area (Å²) < 4.78 is 5.26. The summed E-state index contributed by atoms with van der Waals surface area (Å²) in [6.07, 6.45) is 1.49. The number of para-hydroxylation sites is 1. The molecule has 1 aliphatic heterocycles. The van der Waals surface area contributed by atoms with Gasteiger partial charge in [-0.15, -0.1) is 11.3 Å². The van der Waals surface area contributed by atoms with Crippen molar-refractivity contribution in [1.82, 2.24) is 14.9 Å². The van der Waals surface area contributed by atoms with E-state index in [2.05, 4.69) is 15.3 Å². The van der Waals surface area contributed by atoms with E-state index in [1.165, 1.54) is 35.8 Å². The van der Waals surface area contributed by atoms with Crippen molar-refractivity contribution >= 4 is 45.1 Å². The number of furan rings is 1. The number of aromatic nitrogens is 2. The van der Waals surface area contributed by atoms with Crippen LogP contribution in [0.4, 0.5) is 5.13 Å². The minimum absolute atomic E-state index is 0.0377. The number of nitrogens with zero attached hydrogens (tertiary/aromatic N) is 2. The number of hydrogen-bond acceptors (Lipinski definition) is 6. The molecule has 0 bridgehead atoms. The second-order valence-electron chi connectivity index (χ2n) is 8.20. The monoisotopic (exact) mass is 482 g/mol. The van der Waals surface area contributed by atoms with Gasteiger partial charge in [-0.25, -0.2) is 4.98 Å². The summed E-state index contributed by atoms with van der Waals surface area (Å²) in [7, 11) is 0. The van der Waals surface area contributed by atoms with E-state index in [0.29, 0.717) is 10.9 Å². The fraction of sp³-hybridized carbons (Fsp3) is 0.0769. The summed E-state index contributed by atoms with van der Waals surface area (Å²) in [4.78, 5) is 47.6. The molecule has 0 saturated carbocycles. The predicted octanol–water partition coefficient (Wildman–Crippen LogP) is 5.24. The highest BCUT2D eigenvalue weighted by atomic mass is 32.1. The Labute approximate surface area is 203 Å². The molecule has 3 aromatic heterocycles. The van der Waals surface area contributed by atoms with Crippen LogP contribution in [0.5, 0.6) is 0 Å². The number of hydrogen-bond donors (Lipinski definition) is 2. The quantitative estimate of drug-likeness (QED) is 0.333. The number of rotatable bonds is 5. The van der Waals surface area contributed by atoms with Gasteiger partial charge in [-0.2, -0.15) is 0 Å². The number of anilines is 1. The van der Waals surface area contributed by atoms with Gasteiger partial charge in [0, 0.05) is 33.1 Å². The number of benzene rings is 2. The van der Waals surface area contributed by atoms with Crippen LogP contribution >= 0.6 is 11.3 Å². The number of thiazole rings is 1. The van der Waals surface area contributed by atoms with E-state index in [9.17, 15) is 14.4 Å². The highest BCUT2D eigenvalue weighted by Gasteiger charge is 2.36. The molecule has 4 heterocycles. The highest BCUT2D eigenvalue weighted by molar-refractivity contribution is 7.14. The summed E-state index contributed by atoms with van der Waals surface area (Å²) in [5.41, 5.74) is 4.52. The van der Waals surface area contributed by atoms with E-state index >= 15 is 0 Å². The van der Waals surface area contributed by atoms with Crippen LogP contribution in [0.1, 0.15) is 42.5 Å². The van der Waals surface area contributed by atoms with Crippen LogP contribution in [-0.2, 0) is 6.54 Å². The third-order valence-corrected chi connectivity index (χ3v) is 6.76. The molecule has 0 radical (unpaired) electrons. The minimum atomic E-state index is -0.456. The van der Waals surface area contributed by atoms with E-state index < -0.39 is 17.7 Å². The lowest BCUT2D eigenvalue weighted by atomic mass is 10.1. The minimum Gasteiger partial charge on any atom is -0.467 e. The molecule has 0 saturated heterocycles. The number of fused-ring (bicyclic) bond motifs is 2. The number of H-pyrrole nitrogens is 1. The number of carbonyl (C=O) groups is 3. The smallest absolute Gasteiger partial charge is 0.261 e. The molecule has 2 N–H and O–H groups in total. The number of nitrogens with one attached hydrogen (secondary N) is 2. The molecule has 5 aromatic rings. The number of aryl methyl sites for hydroxylation is 1. The second kappa shape index (κ2) is 8.07. The van der Waals surface area contributed by atoms with Crippen molar-refractivity contribution in [2.45, 2.75) is 13.5 Å². The first kappa shape index (κ1) is 21.1. The van der Waals surface area contributed by atoms with Gasteiger partial charge < -0.3 is 9.40 Å². The van der Waals surface area contributed by atoms with E-state index in [0.717, 1.165) is 32.8 Å². The zero-order chi connectivity index (χ0) is 24.1. The Hall–Kier alpha value is -4.50. The summed E-state index contributed by atoms with van der Waals surface area (Å²) in [5.74, 6) is -0.772. The van der Waals surface area contributed by atoms with E-state index in [4.69, 9.17) is 4.42 Å². The molecule has 0 fully saturated rings. The van der Waals surface area contributed by atoms with E-state index in [1.807, 2.05) is 36.6 Å². The molecule has 2 aromatic carbocycles. The lowest BCUT2D eigenvalue weighted by molar-refractivity contribution is 0.0631. The van der Waals surface area contributed by atoms with Crippen LogP contribution in [0.15, 0.2) is 70.7 Å². The van der Waals surface area contributed by atoms with E-state index in [1.54, 1.807) is 12.1 Å². The van der Waals surface area contributed by atoms with Crippen LogP contribution in [-0.4, -0.2) is 32.6 Å². The average molecular weight is 483 g/mol. The Morgan fingerprint density at radius 1 is 1.09 bits per heavy atom. The molecule has 0 spiro atoms. The maximum Gasteiger partial charge on any atom is 0.261 e. The lowest BCUT2D eigenvalue weighted by Gasteiger charge is -2.11. The van der Waals surface area contributed by atoms with Crippen molar-refractivity contribution < 1.29 is 18.8 Å². The van der Waals surface area contributed by atoms with Crippen LogP contribution in [0.25, 0.3) is 22.2 Å². The number of aromatic amines is 1. The molecular weight excluding hydrogens is 464 g/mol. The van der Waals surface area contributed by atoms with Gasteiger partial charge in [-0.05, 0) is 43.3 Å². The SMILES string of the molecule is Cc1[nH]c2ccccc2c1-c1csc(NC(=O)c2ccc3c(c2)C(=O)N(Cc2ccco2)C3=O)n1. The number of carbonyl (C=O) groups excluding carboxylic acids is 3. The summed E-state index contributed by atoms with van der Waals surface area (Å²) in [6, 6.07) is 15.9. The van der Waals surface area contributed by atoms with Gasteiger partial charge in [0.1, 0.15) is 5.76 Å². The Bertz CT molecular complexity index is 1630. The van der Waals surface area contributed by atoms with Crippen molar-refractivity contribution in [3.05, 3.63) is 94.4 Å². The van der Waals surface area contributed by atoms with Crippen molar-refractivity contribution in [3.63, 3.8) is 0 Å². The number of imide groups is 1. The summed E-state index contributed by atoms with van der Waals surface area (Å²) in [5, 5.41) is 6.21. The van der Waals surface area contributed by atoms with Crippen LogP contribution in [0.2, 0.25) is 0 Å². The largest absolute Gasteiger partial charge is 0.467 e. The van der Waals surface area contributed by atoms with Gasteiger partial charge in [0.25, 0.3) is 17.7 Å². The van der Waals surface area contributed by atoms with Crippen molar-refractivity contribution in [2.75, 3.05) is 5.32 Å². The van der Waals surface area contributed by atoms with Gasteiger partial charge in [0.2, 0.25) is 0 Å². The molecule has 172 valence electrons. The fourth-order valence-electron chi connectivity index (χ4n) is 4.36. The van der Waals surface area contributed by atoms with Crippen LogP contribution in [0.3, 0.4) is 0 Å². The van der Waals surface area contributed by atoms with Crippen LogP contribution < -0.4 is 5.32 Å². The maximum atomic E-state index is 12.9. The van der Waals surface area contributed by atoms with Gasteiger partial charge in [-0.3, -0.25) is 24.6 Å². The molecule has 0 unspecified atom stereocenters. The Balaban J connectivity index is 1.23. The average Bonchev–Trinajstić information content (AvgIpc) is 3.63. The first-order chi connectivity index (χ1) is 17.0. The molecule has 8 nitrogen and oxygen atoms in total. The fourth-order valence-corrected chi connectivity index (χ4v) is 5.05. The third-order valence-electron chi connectivity index (χ3n) is 6.00. The molecular formula is C26H18N4O4S. The highest BCUT2D eigenvalue weighted by Crippen LogP contribution is 2.34. The molecule has 0 aliphatic carbocycles. The summed E-state index contributed by atoms with van der Waals surface area (Å²) >= 11 is 1.32. The van der Waals surface area contributed by atoms with Gasteiger partial charge in [-0.1, -0.05) is 18.2 Å². The molecule has 35 heavy (non-hydrogen) atoms. The van der Waals surface area contributed by atoms with Crippen molar-refractivity contribution in [2.24, 2.45) is 0 Å². The van der Waals surface area contributed by atoms with E-state index in [-0.39, 0.29) is 23.2 Å². The number of amides is 3. The first-order valence-electron chi connectivity index (χ1n) is 10.9. The second-order valence-corrected chi connectivity index (χ2v) is 9.06. The van der Waals surface area contributed by atoms with Crippen molar-refractivity contribution in [1.29, 1.82) is 0 Å². The standard InChI is InChI=1S/C26H18N4O4S/c1-14-22(18-6-2-3-7-20(18)27-14)21-13-35-26(28-21)29-23(31)15-8-9-17-19(11-15)25(33)30(24(17)32)12-16-5-4-10-34-16/h2-11,13,27H,12H2,1H3,(H,28,29,31). The molecule has 9 heteroatoms. The molecule has 6 rings (SSSR count). The lowest BCUT2D eigenvalue weighted by Crippen LogP contribution is -2.28.